The van der Waals surface area contributed by atoms with Gasteiger partial charge in [0.15, 0.2) is 5.76 Å². The minimum Gasteiger partial charge on any atom is -0.461 e. The van der Waals surface area contributed by atoms with Crippen LogP contribution in [0.2, 0.25) is 0 Å². The normalized spacial score (nSPS) is 15.7. The maximum atomic E-state index is 12.6. The van der Waals surface area contributed by atoms with Crippen molar-refractivity contribution < 1.29 is 22.3 Å². The van der Waals surface area contributed by atoms with Crippen LogP contribution in [0.4, 0.5) is 5.69 Å². The Labute approximate surface area is 147 Å². The van der Waals surface area contributed by atoms with E-state index in [9.17, 15) is 18.5 Å². The highest BCUT2D eigenvalue weighted by molar-refractivity contribution is 7.89. The number of nitrogens with zero attached hydrogens (tertiary/aromatic N) is 4. The molecule has 1 fully saturated rings. The number of hydrogen-bond acceptors (Lipinski definition) is 8. The van der Waals surface area contributed by atoms with Crippen LogP contribution < -0.4 is 0 Å². The third-order valence-electron chi connectivity index (χ3n) is 4.05. The lowest BCUT2D eigenvalue weighted by Gasteiger charge is -2.35. The van der Waals surface area contributed by atoms with Crippen molar-refractivity contribution in [2.24, 2.45) is 0 Å². The molecule has 1 saturated heterocycles. The van der Waals surface area contributed by atoms with E-state index in [0.29, 0.717) is 17.5 Å². The molecule has 4 rings (SSSR count). The molecule has 1 aromatic carbocycles. The van der Waals surface area contributed by atoms with Gasteiger partial charge in [-0.3, -0.25) is 10.1 Å². The van der Waals surface area contributed by atoms with Gasteiger partial charge in [0, 0.05) is 25.2 Å². The second-order valence-electron chi connectivity index (χ2n) is 5.71. The Morgan fingerprint density at radius 1 is 1.23 bits per heavy atom. The minimum absolute atomic E-state index is 0.119. The van der Waals surface area contributed by atoms with Crippen LogP contribution in [-0.2, 0) is 10.0 Å². The van der Waals surface area contributed by atoms with E-state index in [1.165, 1.54) is 28.8 Å². The molecule has 0 saturated carbocycles. The molecule has 0 aliphatic carbocycles. The van der Waals surface area contributed by atoms with Gasteiger partial charge in [0.1, 0.15) is 0 Å². The number of furan rings is 1. The van der Waals surface area contributed by atoms with Crippen molar-refractivity contribution in [2.45, 2.75) is 10.8 Å². The summed E-state index contributed by atoms with van der Waals surface area (Å²) in [7, 11) is -3.82. The molecule has 0 bridgehead atoms. The van der Waals surface area contributed by atoms with Gasteiger partial charge in [0.05, 0.1) is 22.0 Å². The molecule has 0 spiro atoms. The van der Waals surface area contributed by atoms with Crippen molar-refractivity contribution in [1.82, 2.24) is 14.4 Å². The first-order valence-corrected chi connectivity index (χ1v) is 9.01. The van der Waals surface area contributed by atoms with Gasteiger partial charge in [-0.2, -0.15) is 9.29 Å². The summed E-state index contributed by atoms with van der Waals surface area (Å²) in [6.45, 7) is 0.315. The molecule has 2 aromatic heterocycles. The Hall–Kier alpha value is -3.05. The van der Waals surface area contributed by atoms with Crippen molar-refractivity contribution in [3.05, 3.63) is 58.7 Å². The van der Waals surface area contributed by atoms with E-state index >= 15 is 0 Å². The zero-order chi connectivity index (χ0) is 18.3. The molecule has 0 N–H and O–H groups in total. The number of aromatic nitrogens is 2. The first kappa shape index (κ1) is 16.4. The quantitative estimate of drug-likeness (QED) is 0.488. The number of hydrogen-bond donors (Lipinski definition) is 0. The SMILES string of the molecule is O=[N+]([O-])c1cccc(S(=O)(=O)N2CC(c3nc(-c4ccco4)no3)C2)c1. The maximum Gasteiger partial charge on any atom is 0.270 e. The lowest BCUT2D eigenvalue weighted by molar-refractivity contribution is -0.385. The van der Waals surface area contributed by atoms with Crippen molar-refractivity contribution in [1.29, 1.82) is 0 Å². The summed E-state index contributed by atoms with van der Waals surface area (Å²) in [4.78, 5) is 14.3. The third-order valence-corrected chi connectivity index (χ3v) is 5.87. The highest BCUT2D eigenvalue weighted by Gasteiger charge is 2.40. The molecule has 0 unspecified atom stereocenters. The molecule has 0 radical (unpaired) electrons. The number of benzene rings is 1. The Bertz CT molecular complexity index is 1050. The van der Waals surface area contributed by atoms with Gasteiger partial charge < -0.3 is 8.94 Å². The molecule has 1 aliphatic heterocycles. The molecule has 3 aromatic rings. The second kappa shape index (κ2) is 6.04. The van der Waals surface area contributed by atoms with E-state index in [0.717, 1.165) is 6.07 Å². The van der Waals surface area contributed by atoms with Crippen molar-refractivity contribution in [3.8, 4) is 11.6 Å². The average Bonchev–Trinajstić information content (AvgIpc) is 3.24. The topological polar surface area (TPSA) is 133 Å². The van der Waals surface area contributed by atoms with E-state index in [-0.39, 0.29) is 29.6 Å². The van der Waals surface area contributed by atoms with Crippen LogP contribution in [0.5, 0.6) is 0 Å². The number of rotatable bonds is 5. The Morgan fingerprint density at radius 2 is 2.04 bits per heavy atom. The molecular formula is C15H12N4O6S. The van der Waals surface area contributed by atoms with E-state index in [1.807, 2.05) is 0 Å². The first-order valence-electron chi connectivity index (χ1n) is 7.57. The predicted molar refractivity (Wildman–Crippen MR) is 86.6 cm³/mol. The lowest BCUT2D eigenvalue weighted by atomic mass is 10.0. The second-order valence-corrected chi connectivity index (χ2v) is 7.64. The predicted octanol–water partition coefficient (Wildman–Crippen LogP) is 2.03. The summed E-state index contributed by atoms with van der Waals surface area (Å²) in [6, 6.07) is 8.35. The Morgan fingerprint density at radius 3 is 2.73 bits per heavy atom. The fraction of sp³-hybridized carbons (Fsp3) is 0.200. The molecule has 11 heteroatoms. The summed E-state index contributed by atoms with van der Waals surface area (Å²) < 4.78 is 36.7. The van der Waals surface area contributed by atoms with Gasteiger partial charge in [0.2, 0.25) is 21.7 Å². The van der Waals surface area contributed by atoms with E-state index in [1.54, 1.807) is 12.1 Å². The van der Waals surface area contributed by atoms with Crippen LogP contribution in [0.1, 0.15) is 11.8 Å². The summed E-state index contributed by atoms with van der Waals surface area (Å²) in [6.07, 6.45) is 1.49. The largest absolute Gasteiger partial charge is 0.461 e. The number of nitro benzene ring substituents is 1. The average molecular weight is 376 g/mol. The van der Waals surface area contributed by atoms with Crippen LogP contribution in [0.25, 0.3) is 11.6 Å². The van der Waals surface area contributed by atoms with Crippen molar-refractivity contribution >= 4 is 15.7 Å². The molecular weight excluding hydrogens is 364 g/mol. The van der Waals surface area contributed by atoms with E-state index in [4.69, 9.17) is 8.94 Å². The molecule has 3 heterocycles. The van der Waals surface area contributed by atoms with Crippen molar-refractivity contribution in [2.75, 3.05) is 13.1 Å². The Balaban J connectivity index is 1.49. The zero-order valence-electron chi connectivity index (χ0n) is 13.2. The zero-order valence-corrected chi connectivity index (χ0v) is 14.0. The van der Waals surface area contributed by atoms with Crippen LogP contribution in [-0.4, -0.2) is 40.9 Å². The summed E-state index contributed by atoms with van der Waals surface area (Å²) in [5.74, 6) is 0.840. The fourth-order valence-corrected chi connectivity index (χ4v) is 4.17. The van der Waals surface area contributed by atoms with Crippen molar-refractivity contribution in [3.63, 3.8) is 0 Å². The van der Waals surface area contributed by atoms with Crippen LogP contribution >= 0.6 is 0 Å². The maximum absolute atomic E-state index is 12.6. The van der Waals surface area contributed by atoms with E-state index in [2.05, 4.69) is 10.1 Å². The molecule has 134 valence electrons. The van der Waals surface area contributed by atoms with Gasteiger partial charge in [-0.25, -0.2) is 8.42 Å². The summed E-state index contributed by atoms with van der Waals surface area (Å²) >= 11 is 0. The van der Waals surface area contributed by atoms with Gasteiger partial charge in [0.25, 0.3) is 5.69 Å². The summed E-state index contributed by atoms with van der Waals surface area (Å²) in [5.41, 5.74) is -0.275. The van der Waals surface area contributed by atoms with Crippen LogP contribution in [0.3, 0.4) is 0 Å². The van der Waals surface area contributed by atoms with Gasteiger partial charge in [-0.1, -0.05) is 11.2 Å². The molecule has 10 nitrogen and oxygen atoms in total. The number of nitro groups is 1. The summed E-state index contributed by atoms with van der Waals surface area (Å²) in [5, 5.41) is 14.6. The lowest BCUT2D eigenvalue weighted by Crippen LogP contribution is -2.48. The standard InChI is InChI=1S/C15H12N4O6S/c20-19(21)11-3-1-4-12(7-11)26(22,23)18-8-10(9-18)15-16-14(17-25-15)13-5-2-6-24-13/h1-7,10H,8-9H2. The molecule has 0 amide bonds. The van der Waals surface area contributed by atoms with Gasteiger partial charge in [-0.15, -0.1) is 0 Å². The number of sulfonamides is 1. The number of non-ortho nitro benzene ring substituents is 1. The highest BCUT2D eigenvalue weighted by Crippen LogP contribution is 2.32. The fourth-order valence-electron chi connectivity index (χ4n) is 2.60. The minimum atomic E-state index is -3.82. The smallest absolute Gasteiger partial charge is 0.270 e. The van der Waals surface area contributed by atoms with Gasteiger partial charge >= 0.3 is 0 Å². The van der Waals surface area contributed by atoms with Gasteiger partial charge in [-0.05, 0) is 18.2 Å². The molecule has 1 aliphatic rings. The molecule has 0 atom stereocenters. The first-order chi connectivity index (χ1) is 12.4. The van der Waals surface area contributed by atoms with Crippen LogP contribution in [0.15, 0.2) is 56.5 Å². The monoisotopic (exact) mass is 376 g/mol. The molecule has 26 heavy (non-hydrogen) atoms. The third kappa shape index (κ3) is 2.76. The highest BCUT2D eigenvalue weighted by atomic mass is 32.2. The Kier molecular flexibility index (Phi) is 3.81. The van der Waals surface area contributed by atoms with Crippen LogP contribution in [0, 0.1) is 10.1 Å². The van der Waals surface area contributed by atoms with E-state index < -0.39 is 14.9 Å².